The van der Waals surface area contributed by atoms with Crippen molar-refractivity contribution in [2.45, 2.75) is 33.6 Å². The van der Waals surface area contributed by atoms with Gasteiger partial charge in [-0.05, 0) is 49.8 Å². The Labute approximate surface area is 116 Å². The van der Waals surface area contributed by atoms with Crippen LogP contribution in [0.2, 0.25) is 0 Å². The van der Waals surface area contributed by atoms with E-state index < -0.39 is 0 Å². The molecule has 1 saturated heterocycles. The molecule has 1 aromatic carbocycles. The van der Waals surface area contributed by atoms with E-state index in [1.54, 1.807) is 0 Å². The molecule has 1 amide bonds. The average Bonchev–Trinajstić information content (AvgIpc) is 2.40. The summed E-state index contributed by atoms with van der Waals surface area (Å²) in [5.74, 6) is 0.853. The molecule has 1 fully saturated rings. The minimum atomic E-state index is 0.215. The number of nitrogens with one attached hydrogen (secondary N) is 1. The minimum Gasteiger partial charge on any atom is -0.376 e. The lowest BCUT2D eigenvalue weighted by Crippen LogP contribution is -2.42. The van der Waals surface area contributed by atoms with Gasteiger partial charge in [0, 0.05) is 18.8 Å². The normalized spacial score (nSPS) is 19.3. The number of hydrogen-bond donors (Lipinski definition) is 1. The van der Waals surface area contributed by atoms with Crippen molar-refractivity contribution in [2.24, 2.45) is 5.92 Å². The predicted octanol–water partition coefficient (Wildman–Crippen LogP) is 2.97. The van der Waals surface area contributed by atoms with Crippen LogP contribution in [0.25, 0.3) is 0 Å². The van der Waals surface area contributed by atoms with Crippen molar-refractivity contribution >= 4 is 11.6 Å². The molecular formula is C16H24N2O. The van der Waals surface area contributed by atoms with Gasteiger partial charge in [0.25, 0.3) is 0 Å². The molecule has 0 aliphatic carbocycles. The molecule has 0 radical (unpaired) electrons. The Morgan fingerprint density at radius 2 is 2.21 bits per heavy atom. The van der Waals surface area contributed by atoms with Gasteiger partial charge in [-0.15, -0.1) is 0 Å². The summed E-state index contributed by atoms with van der Waals surface area (Å²) in [5, 5.41) is 3.27. The van der Waals surface area contributed by atoms with Crippen LogP contribution in [0.15, 0.2) is 18.2 Å². The largest absolute Gasteiger partial charge is 0.376 e. The molecule has 1 N–H and O–H groups in total. The third-order valence-corrected chi connectivity index (χ3v) is 4.04. The van der Waals surface area contributed by atoms with E-state index in [0.29, 0.717) is 12.5 Å². The van der Waals surface area contributed by atoms with E-state index in [9.17, 15) is 4.79 Å². The molecule has 1 aromatic rings. The Morgan fingerprint density at radius 1 is 1.42 bits per heavy atom. The zero-order valence-corrected chi connectivity index (χ0v) is 12.2. The number of amides is 1. The van der Waals surface area contributed by atoms with E-state index in [1.165, 1.54) is 17.5 Å². The molecule has 1 heterocycles. The number of anilines is 1. The molecule has 1 unspecified atom stereocenters. The number of hydrogen-bond acceptors (Lipinski definition) is 2. The lowest BCUT2D eigenvalue weighted by atomic mass is 10.0. The molecule has 0 saturated carbocycles. The number of carbonyl (C=O) groups is 1. The van der Waals surface area contributed by atoms with E-state index >= 15 is 0 Å². The zero-order valence-electron chi connectivity index (χ0n) is 12.2. The maximum atomic E-state index is 12.2. The molecular weight excluding hydrogens is 236 g/mol. The van der Waals surface area contributed by atoms with Gasteiger partial charge in [-0.3, -0.25) is 4.79 Å². The molecule has 0 aromatic heterocycles. The van der Waals surface area contributed by atoms with Gasteiger partial charge >= 0.3 is 0 Å². The number of nitrogens with zero attached hydrogens (tertiary/aromatic N) is 1. The molecule has 3 heteroatoms. The highest BCUT2D eigenvalue weighted by atomic mass is 16.2. The van der Waals surface area contributed by atoms with Gasteiger partial charge in [-0.2, -0.15) is 0 Å². The summed E-state index contributed by atoms with van der Waals surface area (Å²) in [6.07, 6.45) is 2.38. The van der Waals surface area contributed by atoms with Crippen LogP contribution < -0.4 is 5.32 Å². The minimum absolute atomic E-state index is 0.215. The Morgan fingerprint density at radius 3 is 2.95 bits per heavy atom. The Hall–Kier alpha value is -1.51. The second kappa shape index (κ2) is 6.09. The summed E-state index contributed by atoms with van der Waals surface area (Å²) < 4.78 is 0. The Balaban J connectivity index is 1.91. The average molecular weight is 260 g/mol. The Kier molecular flexibility index (Phi) is 4.46. The number of piperidine rings is 1. The zero-order chi connectivity index (χ0) is 13.8. The monoisotopic (exact) mass is 260 g/mol. The van der Waals surface area contributed by atoms with E-state index in [-0.39, 0.29) is 5.91 Å². The summed E-state index contributed by atoms with van der Waals surface area (Å²) in [7, 11) is 0. The first-order chi connectivity index (χ1) is 9.08. The second-order valence-corrected chi connectivity index (χ2v) is 5.69. The smallest absolute Gasteiger partial charge is 0.241 e. The first-order valence-electron chi connectivity index (χ1n) is 7.16. The standard InChI is InChI=1S/C16H24N2O/c1-12-6-5-9-18(11-12)16(19)10-17-15-8-4-7-13(2)14(15)3/h4,7-8,12,17H,5-6,9-11H2,1-3H3. The number of aryl methyl sites for hydroxylation is 1. The van der Waals surface area contributed by atoms with Crippen LogP contribution in [0.5, 0.6) is 0 Å². The van der Waals surface area contributed by atoms with Crippen molar-refractivity contribution in [1.29, 1.82) is 0 Å². The summed E-state index contributed by atoms with van der Waals surface area (Å²) in [6.45, 7) is 8.62. The highest BCUT2D eigenvalue weighted by molar-refractivity contribution is 5.81. The van der Waals surface area contributed by atoms with E-state index in [0.717, 1.165) is 25.2 Å². The fourth-order valence-electron chi connectivity index (χ4n) is 2.64. The van der Waals surface area contributed by atoms with Crippen LogP contribution in [-0.4, -0.2) is 30.4 Å². The van der Waals surface area contributed by atoms with E-state index in [2.05, 4.69) is 32.2 Å². The van der Waals surface area contributed by atoms with Gasteiger partial charge in [-0.25, -0.2) is 0 Å². The highest BCUT2D eigenvalue weighted by Gasteiger charge is 2.20. The van der Waals surface area contributed by atoms with Gasteiger partial charge in [0.05, 0.1) is 6.54 Å². The van der Waals surface area contributed by atoms with Crippen LogP contribution in [0.1, 0.15) is 30.9 Å². The fraction of sp³-hybridized carbons (Fsp3) is 0.562. The summed E-state index contributed by atoms with van der Waals surface area (Å²) in [4.78, 5) is 14.2. The van der Waals surface area contributed by atoms with Crippen LogP contribution in [-0.2, 0) is 4.79 Å². The first-order valence-corrected chi connectivity index (χ1v) is 7.16. The summed E-state index contributed by atoms with van der Waals surface area (Å²) in [5.41, 5.74) is 3.55. The summed E-state index contributed by atoms with van der Waals surface area (Å²) >= 11 is 0. The topological polar surface area (TPSA) is 32.3 Å². The van der Waals surface area contributed by atoms with Crippen molar-refractivity contribution < 1.29 is 4.79 Å². The van der Waals surface area contributed by atoms with Gasteiger partial charge < -0.3 is 10.2 Å². The van der Waals surface area contributed by atoms with Crippen molar-refractivity contribution in [2.75, 3.05) is 25.0 Å². The molecule has 2 rings (SSSR count). The van der Waals surface area contributed by atoms with Gasteiger partial charge in [0.1, 0.15) is 0 Å². The van der Waals surface area contributed by atoms with Gasteiger partial charge in [-0.1, -0.05) is 19.1 Å². The third-order valence-electron chi connectivity index (χ3n) is 4.04. The van der Waals surface area contributed by atoms with Crippen LogP contribution >= 0.6 is 0 Å². The molecule has 1 aliphatic heterocycles. The highest BCUT2D eigenvalue weighted by Crippen LogP contribution is 2.19. The molecule has 1 aliphatic rings. The van der Waals surface area contributed by atoms with Crippen LogP contribution in [0.3, 0.4) is 0 Å². The molecule has 104 valence electrons. The SMILES string of the molecule is Cc1cccc(NCC(=O)N2CCCC(C)C2)c1C. The first kappa shape index (κ1) is 13.9. The van der Waals surface area contributed by atoms with Crippen LogP contribution in [0.4, 0.5) is 5.69 Å². The van der Waals surface area contributed by atoms with Crippen molar-refractivity contribution in [3.05, 3.63) is 29.3 Å². The van der Waals surface area contributed by atoms with Gasteiger partial charge in [0.2, 0.25) is 5.91 Å². The predicted molar refractivity (Wildman–Crippen MR) is 79.4 cm³/mol. The molecule has 0 bridgehead atoms. The maximum absolute atomic E-state index is 12.2. The van der Waals surface area contributed by atoms with Crippen molar-refractivity contribution in [3.63, 3.8) is 0 Å². The lowest BCUT2D eigenvalue weighted by Gasteiger charge is -2.31. The molecule has 19 heavy (non-hydrogen) atoms. The van der Waals surface area contributed by atoms with E-state index in [4.69, 9.17) is 0 Å². The molecule has 1 atom stereocenters. The van der Waals surface area contributed by atoms with E-state index in [1.807, 2.05) is 17.0 Å². The number of carbonyl (C=O) groups excluding carboxylic acids is 1. The molecule has 3 nitrogen and oxygen atoms in total. The Bertz CT molecular complexity index is 456. The van der Waals surface area contributed by atoms with Crippen molar-refractivity contribution in [1.82, 2.24) is 4.90 Å². The number of rotatable bonds is 3. The maximum Gasteiger partial charge on any atom is 0.241 e. The van der Waals surface area contributed by atoms with Gasteiger partial charge in [0.15, 0.2) is 0 Å². The molecule has 0 spiro atoms. The quantitative estimate of drug-likeness (QED) is 0.906. The third kappa shape index (κ3) is 3.49. The lowest BCUT2D eigenvalue weighted by molar-refractivity contribution is -0.130. The van der Waals surface area contributed by atoms with Crippen LogP contribution in [0, 0.1) is 19.8 Å². The fourth-order valence-corrected chi connectivity index (χ4v) is 2.64. The number of benzene rings is 1. The second-order valence-electron chi connectivity index (χ2n) is 5.69. The summed E-state index contributed by atoms with van der Waals surface area (Å²) in [6, 6.07) is 6.15. The van der Waals surface area contributed by atoms with Crippen molar-refractivity contribution in [3.8, 4) is 0 Å². The number of likely N-dealkylation sites (tertiary alicyclic amines) is 1.